The first-order valence-electron chi connectivity index (χ1n) is 7.72. The molecule has 5 nitrogen and oxygen atoms in total. The molecule has 0 aliphatic rings. The Morgan fingerprint density at radius 1 is 1.22 bits per heavy atom. The van der Waals surface area contributed by atoms with Crippen molar-refractivity contribution in [2.24, 2.45) is 0 Å². The van der Waals surface area contributed by atoms with Crippen LogP contribution in [0.1, 0.15) is 21.5 Å². The van der Waals surface area contributed by atoms with Crippen LogP contribution in [0, 0.1) is 6.92 Å². The highest BCUT2D eigenvalue weighted by molar-refractivity contribution is 5.94. The maximum absolute atomic E-state index is 12.1. The minimum Gasteiger partial charge on any atom is -0.380 e. The number of carbonyl (C=O) groups is 1. The van der Waals surface area contributed by atoms with Gasteiger partial charge < -0.3 is 15.5 Å². The molecular weight excluding hydrogens is 288 g/mol. The SMILES string of the molecule is Cc1ccccc1CNc1cncc(C(=O)NCCN(C)C)c1. The van der Waals surface area contributed by atoms with E-state index in [1.165, 1.54) is 11.1 Å². The van der Waals surface area contributed by atoms with Gasteiger partial charge in [-0.15, -0.1) is 0 Å². The van der Waals surface area contributed by atoms with Gasteiger partial charge in [0, 0.05) is 32.0 Å². The van der Waals surface area contributed by atoms with Crippen molar-refractivity contribution < 1.29 is 4.79 Å². The molecule has 0 fully saturated rings. The monoisotopic (exact) mass is 312 g/mol. The number of nitrogens with one attached hydrogen (secondary N) is 2. The summed E-state index contributed by atoms with van der Waals surface area (Å²) in [5.41, 5.74) is 3.88. The molecule has 5 heteroatoms. The number of benzene rings is 1. The quantitative estimate of drug-likeness (QED) is 0.823. The van der Waals surface area contributed by atoms with Gasteiger partial charge in [0.15, 0.2) is 0 Å². The van der Waals surface area contributed by atoms with Crippen molar-refractivity contribution in [3.05, 3.63) is 59.4 Å². The molecule has 2 N–H and O–H groups in total. The zero-order valence-electron chi connectivity index (χ0n) is 14.0. The summed E-state index contributed by atoms with van der Waals surface area (Å²) in [7, 11) is 3.95. The van der Waals surface area contributed by atoms with Gasteiger partial charge in [-0.2, -0.15) is 0 Å². The Hall–Kier alpha value is -2.40. The second-order valence-corrected chi connectivity index (χ2v) is 5.80. The van der Waals surface area contributed by atoms with E-state index < -0.39 is 0 Å². The van der Waals surface area contributed by atoms with Crippen molar-refractivity contribution >= 4 is 11.6 Å². The average molecular weight is 312 g/mol. The number of rotatable bonds is 7. The average Bonchev–Trinajstić information content (AvgIpc) is 2.54. The normalized spacial score (nSPS) is 10.6. The lowest BCUT2D eigenvalue weighted by Gasteiger charge is -2.12. The van der Waals surface area contributed by atoms with Gasteiger partial charge in [-0.3, -0.25) is 9.78 Å². The highest BCUT2D eigenvalue weighted by atomic mass is 16.1. The number of aromatic nitrogens is 1. The Labute approximate surface area is 137 Å². The third kappa shape index (κ3) is 5.38. The van der Waals surface area contributed by atoms with E-state index in [-0.39, 0.29) is 5.91 Å². The predicted octanol–water partition coefficient (Wildman–Crippen LogP) is 2.29. The summed E-state index contributed by atoms with van der Waals surface area (Å²) in [6.45, 7) is 4.22. The molecule has 0 unspecified atom stereocenters. The van der Waals surface area contributed by atoms with Crippen molar-refractivity contribution in [3.63, 3.8) is 0 Å². The molecule has 0 radical (unpaired) electrons. The van der Waals surface area contributed by atoms with Gasteiger partial charge >= 0.3 is 0 Å². The predicted molar refractivity (Wildman–Crippen MR) is 93.6 cm³/mol. The van der Waals surface area contributed by atoms with Gasteiger partial charge in [0.1, 0.15) is 0 Å². The van der Waals surface area contributed by atoms with Crippen LogP contribution in [0.4, 0.5) is 5.69 Å². The van der Waals surface area contributed by atoms with Crippen LogP contribution in [0.3, 0.4) is 0 Å². The van der Waals surface area contributed by atoms with E-state index in [0.29, 0.717) is 18.7 Å². The van der Waals surface area contributed by atoms with E-state index in [1.807, 2.05) is 37.2 Å². The largest absolute Gasteiger partial charge is 0.380 e. The number of nitrogens with zero attached hydrogens (tertiary/aromatic N) is 2. The lowest BCUT2D eigenvalue weighted by molar-refractivity contribution is 0.0950. The number of likely N-dealkylation sites (N-methyl/N-ethyl adjacent to an activating group) is 1. The summed E-state index contributed by atoms with van der Waals surface area (Å²) in [5.74, 6) is -0.0982. The first-order valence-corrected chi connectivity index (χ1v) is 7.72. The van der Waals surface area contributed by atoms with Crippen LogP contribution in [-0.4, -0.2) is 43.0 Å². The van der Waals surface area contributed by atoms with Gasteiger partial charge in [0.05, 0.1) is 11.3 Å². The van der Waals surface area contributed by atoms with E-state index in [2.05, 4.69) is 34.7 Å². The second kappa shape index (κ2) is 8.29. The smallest absolute Gasteiger partial charge is 0.252 e. The van der Waals surface area contributed by atoms with E-state index >= 15 is 0 Å². The molecular formula is C18H24N4O. The number of pyridine rings is 1. The Morgan fingerprint density at radius 2 is 2.00 bits per heavy atom. The zero-order valence-corrected chi connectivity index (χ0v) is 14.0. The summed E-state index contributed by atoms with van der Waals surface area (Å²) in [4.78, 5) is 18.3. The number of carbonyl (C=O) groups excluding carboxylic acids is 1. The molecule has 23 heavy (non-hydrogen) atoms. The fraction of sp³-hybridized carbons (Fsp3) is 0.333. The maximum Gasteiger partial charge on any atom is 0.252 e. The zero-order chi connectivity index (χ0) is 16.7. The van der Waals surface area contributed by atoms with Crippen LogP contribution >= 0.6 is 0 Å². The molecule has 0 aliphatic carbocycles. The first kappa shape index (κ1) is 17.0. The highest BCUT2D eigenvalue weighted by Gasteiger charge is 2.07. The molecule has 2 aromatic rings. The summed E-state index contributed by atoms with van der Waals surface area (Å²) in [6, 6.07) is 10.1. The van der Waals surface area contributed by atoms with Crippen molar-refractivity contribution in [1.29, 1.82) is 0 Å². The van der Waals surface area contributed by atoms with Gasteiger partial charge in [-0.25, -0.2) is 0 Å². The molecule has 0 saturated heterocycles. The molecule has 1 amide bonds. The second-order valence-electron chi connectivity index (χ2n) is 5.80. The summed E-state index contributed by atoms with van der Waals surface area (Å²) >= 11 is 0. The maximum atomic E-state index is 12.1. The fourth-order valence-corrected chi connectivity index (χ4v) is 2.16. The minimum absolute atomic E-state index is 0.0982. The summed E-state index contributed by atoms with van der Waals surface area (Å²) in [5, 5.41) is 6.21. The fourth-order valence-electron chi connectivity index (χ4n) is 2.16. The van der Waals surface area contributed by atoms with E-state index in [1.54, 1.807) is 12.4 Å². The molecule has 0 atom stereocenters. The van der Waals surface area contributed by atoms with Gasteiger partial charge in [0.2, 0.25) is 0 Å². The Morgan fingerprint density at radius 3 is 2.74 bits per heavy atom. The van der Waals surface area contributed by atoms with Gasteiger partial charge in [0.25, 0.3) is 5.91 Å². The van der Waals surface area contributed by atoms with Crippen LogP contribution in [0.15, 0.2) is 42.7 Å². The molecule has 0 saturated carbocycles. The van der Waals surface area contributed by atoms with Crippen molar-refractivity contribution in [3.8, 4) is 0 Å². The lowest BCUT2D eigenvalue weighted by atomic mass is 10.1. The number of aryl methyl sites for hydroxylation is 1. The van der Waals surface area contributed by atoms with E-state index in [0.717, 1.165) is 12.2 Å². The number of anilines is 1. The van der Waals surface area contributed by atoms with Crippen molar-refractivity contribution in [2.75, 3.05) is 32.5 Å². The van der Waals surface area contributed by atoms with Crippen molar-refractivity contribution in [1.82, 2.24) is 15.2 Å². The molecule has 0 spiro atoms. The van der Waals surface area contributed by atoms with Crippen LogP contribution in [0.25, 0.3) is 0 Å². The first-order chi connectivity index (χ1) is 11.1. The summed E-state index contributed by atoms with van der Waals surface area (Å²) in [6.07, 6.45) is 3.32. The Bertz CT molecular complexity index is 655. The lowest BCUT2D eigenvalue weighted by Crippen LogP contribution is -2.31. The Kier molecular flexibility index (Phi) is 6.11. The number of hydrogen-bond acceptors (Lipinski definition) is 4. The minimum atomic E-state index is -0.0982. The molecule has 122 valence electrons. The third-order valence-electron chi connectivity index (χ3n) is 3.59. The number of amides is 1. The van der Waals surface area contributed by atoms with Crippen molar-refractivity contribution in [2.45, 2.75) is 13.5 Å². The third-order valence-corrected chi connectivity index (χ3v) is 3.59. The highest BCUT2D eigenvalue weighted by Crippen LogP contribution is 2.12. The van der Waals surface area contributed by atoms with Crippen LogP contribution in [0.5, 0.6) is 0 Å². The van der Waals surface area contributed by atoms with Crippen LogP contribution < -0.4 is 10.6 Å². The Balaban J connectivity index is 1.94. The summed E-state index contributed by atoms with van der Waals surface area (Å²) < 4.78 is 0. The van der Waals surface area contributed by atoms with Gasteiger partial charge in [-0.05, 0) is 38.2 Å². The molecule has 2 rings (SSSR count). The number of hydrogen-bond donors (Lipinski definition) is 2. The molecule has 1 heterocycles. The topological polar surface area (TPSA) is 57.3 Å². The molecule has 1 aromatic heterocycles. The standard InChI is InChI=1S/C18H24N4O/c1-14-6-4-5-7-15(14)12-21-17-10-16(11-19-13-17)18(23)20-8-9-22(2)3/h4-7,10-11,13,21H,8-9,12H2,1-3H3,(H,20,23). The van der Waals surface area contributed by atoms with E-state index in [4.69, 9.17) is 0 Å². The van der Waals surface area contributed by atoms with Crippen LogP contribution in [0.2, 0.25) is 0 Å². The molecule has 0 bridgehead atoms. The molecule has 1 aromatic carbocycles. The van der Waals surface area contributed by atoms with E-state index in [9.17, 15) is 4.79 Å². The molecule has 0 aliphatic heterocycles. The van der Waals surface area contributed by atoms with Gasteiger partial charge in [-0.1, -0.05) is 24.3 Å². The van der Waals surface area contributed by atoms with Crippen LogP contribution in [-0.2, 0) is 6.54 Å².